The normalized spacial score (nSPS) is 14.7. The summed E-state index contributed by atoms with van der Waals surface area (Å²) >= 11 is 0. The first kappa shape index (κ1) is 20.9. The van der Waals surface area contributed by atoms with Crippen LogP contribution in [0, 0.1) is 5.82 Å². The molecule has 0 bridgehead atoms. The summed E-state index contributed by atoms with van der Waals surface area (Å²) in [5, 5.41) is 22.4. The van der Waals surface area contributed by atoms with Gasteiger partial charge in [-0.2, -0.15) is 13.9 Å². The summed E-state index contributed by atoms with van der Waals surface area (Å²) in [6.45, 7) is -2.89. The lowest BCUT2D eigenvalue weighted by atomic mass is 9.73. The molecular weight excluding hydrogens is 394 g/mol. The lowest BCUT2D eigenvalue weighted by Crippen LogP contribution is -2.52. The molecule has 0 aliphatic carbocycles. The molecule has 1 atom stereocenters. The van der Waals surface area contributed by atoms with E-state index in [9.17, 15) is 32.8 Å². The van der Waals surface area contributed by atoms with Crippen LogP contribution in [0.1, 0.15) is 28.0 Å². The van der Waals surface area contributed by atoms with Crippen molar-refractivity contribution in [2.45, 2.75) is 25.4 Å². The zero-order valence-electron chi connectivity index (χ0n) is 15.3. The number of carbonyl (C=O) groups is 2. The molecule has 2 N–H and O–H groups in total. The van der Waals surface area contributed by atoms with Gasteiger partial charge < -0.3 is 19.7 Å². The fourth-order valence-electron chi connectivity index (χ4n) is 3.42. The van der Waals surface area contributed by atoms with Crippen LogP contribution in [0.2, 0.25) is 0 Å². The van der Waals surface area contributed by atoms with E-state index >= 15 is 0 Å². The van der Waals surface area contributed by atoms with Crippen molar-refractivity contribution < 1.29 is 37.5 Å². The zero-order valence-corrected chi connectivity index (χ0v) is 15.3. The molecule has 12 heteroatoms. The average molecular weight is 411 g/mol. The van der Waals surface area contributed by atoms with Crippen molar-refractivity contribution in [3.05, 3.63) is 47.0 Å². The number of alkyl halides is 2. The fraction of sp³-hybridized carbons (Fsp3) is 0.353. The highest BCUT2D eigenvalue weighted by Gasteiger charge is 2.38. The van der Waals surface area contributed by atoms with E-state index in [4.69, 9.17) is 4.74 Å². The van der Waals surface area contributed by atoms with Crippen LogP contribution in [-0.4, -0.2) is 63.4 Å². The largest absolute Gasteiger partial charge is 0.488 e. The maximum absolute atomic E-state index is 14.4. The quantitative estimate of drug-likeness (QED) is 0.508. The average Bonchev–Trinajstić information content (AvgIpc) is 3.15. The second-order valence-electron chi connectivity index (χ2n) is 6.46. The van der Waals surface area contributed by atoms with Gasteiger partial charge in [-0.05, 0) is 29.1 Å². The Bertz CT molecular complexity index is 937. The molecule has 0 radical (unpaired) electrons. The van der Waals surface area contributed by atoms with Crippen LogP contribution in [0.5, 0.6) is 0 Å². The number of halogens is 3. The lowest BCUT2D eigenvalue weighted by molar-refractivity contribution is -0.146. The first-order chi connectivity index (χ1) is 13.7. The Hall–Kier alpha value is -2.86. The minimum Gasteiger partial charge on any atom is -0.467 e. The van der Waals surface area contributed by atoms with E-state index in [0.29, 0.717) is 4.68 Å². The molecular formula is C17H17BF3N3O5. The minimum atomic E-state index is -2.86. The molecule has 1 aromatic heterocycles. The summed E-state index contributed by atoms with van der Waals surface area (Å²) in [4.78, 5) is 26.3. The van der Waals surface area contributed by atoms with Gasteiger partial charge in [-0.3, -0.25) is 4.79 Å². The zero-order chi connectivity index (χ0) is 21.3. The Morgan fingerprint density at radius 3 is 2.69 bits per heavy atom. The van der Waals surface area contributed by atoms with Crippen molar-refractivity contribution in [3.63, 3.8) is 0 Å². The number of ether oxygens (including phenoxy) is 1. The fourth-order valence-corrected chi connectivity index (χ4v) is 3.42. The Morgan fingerprint density at radius 2 is 2.10 bits per heavy atom. The van der Waals surface area contributed by atoms with Crippen LogP contribution in [0.15, 0.2) is 24.5 Å². The third-order valence-corrected chi connectivity index (χ3v) is 4.79. The summed E-state index contributed by atoms with van der Waals surface area (Å²) in [5.74, 6) is -2.50. The second kappa shape index (κ2) is 8.25. The van der Waals surface area contributed by atoms with Gasteiger partial charge in [0.2, 0.25) is 0 Å². The van der Waals surface area contributed by atoms with Crippen LogP contribution >= 0.6 is 0 Å². The van der Waals surface area contributed by atoms with Gasteiger partial charge in [0.1, 0.15) is 11.9 Å². The van der Waals surface area contributed by atoms with Gasteiger partial charge in [-0.15, -0.1) is 0 Å². The number of esters is 1. The summed E-state index contributed by atoms with van der Waals surface area (Å²) in [7, 11) is -0.776. The van der Waals surface area contributed by atoms with Crippen molar-refractivity contribution in [3.8, 4) is 0 Å². The van der Waals surface area contributed by atoms with E-state index < -0.39 is 37.4 Å². The number of benzene rings is 1. The minimum absolute atomic E-state index is 0.00206. The molecule has 29 heavy (non-hydrogen) atoms. The number of rotatable bonds is 6. The summed E-state index contributed by atoms with van der Waals surface area (Å²) in [5.41, 5.74) is 0.0518. The predicted octanol–water partition coefficient (Wildman–Crippen LogP) is -0.120. The molecule has 1 aliphatic heterocycles. The van der Waals surface area contributed by atoms with Crippen molar-refractivity contribution >= 4 is 24.5 Å². The molecule has 2 heterocycles. The van der Waals surface area contributed by atoms with Crippen LogP contribution in [-0.2, 0) is 22.4 Å². The van der Waals surface area contributed by atoms with E-state index in [1.165, 1.54) is 6.07 Å². The third-order valence-electron chi connectivity index (χ3n) is 4.79. The molecule has 1 aromatic carbocycles. The SMILES string of the molecule is COC(=O)[C@@H](Cc1cnn(C(F)F)c1)N1CCc2c(B(O)O)ccc(F)c2C1=O. The number of aromatic nitrogens is 2. The number of amides is 1. The maximum Gasteiger partial charge on any atom is 0.488 e. The van der Waals surface area contributed by atoms with Gasteiger partial charge in [-0.25, -0.2) is 13.9 Å². The van der Waals surface area contributed by atoms with Crippen molar-refractivity contribution in [2.75, 3.05) is 13.7 Å². The molecule has 3 rings (SSSR count). The molecule has 154 valence electrons. The number of hydrogen-bond donors (Lipinski definition) is 2. The molecule has 0 spiro atoms. The molecule has 0 saturated carbocycles. The highest BCUT2D eigenvalue weighted by atomic mass is 19.3. The van der Waals surface area contributed by atoms with E-state index in [2.05, 4.69) is 5.10 Å². The smallest absolute Gasteiger partial charge is 0.467 e. The summed E-state index contributed by atoms with van der Waals surface area (Å²) in [6.07, 6.45) is 2.09. The van der Waals surface area contributed by atoms with Crippen LogP contribution in [0.25, 0.3) is 0 Å². The first-order valence-corrected chi connectivity index (χ1v) is 8.62. The standard InChI is InChI=1S/C17H17BF3N3O5/c1-29-16(26)13(6-9-7-22-24(8-9)17(20)21)23-5-4-10-11(18(27)28)2-3-12(19)14(10)15(23)25/h2-3,7-8,13,17,27-28H,4-6H2,1H3/t13-/m1/s1. The molecule has 0 fully saturated rings. The van der Waals surface area contributed by atoms with E-state index in [-0.39, 0.29) is 41.5 Å². The third kappa shape index (κ3) is 3.98. The topological polar surface area (TPSA) is 105 Å². The second-order valence-corrected chi connectivity index (χ2v) is 6.46. The number of nitrogens with zero attached hydrogens (tertiary/aromatic N) is 3. The molecule has 1 aliphatic rings. The van der Waals surface area contributed by atoms with Gasteiger partial charge in [0.05, 0.1) is 18.9 Å². The maximum atomic E-state index is 14.4. The molecule has 8 nitrogen and oxygen atoms in total. The van der Waals surface area contributed by atoms with Gasteiger partial charge >= 0.3 is 19.6 Å². The van der Waals surface area contributed by atoms with E-state index in [0.717, 1.165) is 30.5 Å². The van der Waals surface area contributed by atoms with Gasteiger partial charge in [0, 0.05) is 19.2 Å². The predicted molar refractivity (Wildman–Crippen MR) is 94.0 cm³/mol. The van der Waals surface area contributed by atoms with Crippen LogP contribution in [0.3, 0.4) is 0 Å². The van der Waals surface area contributed by atoms with Crippen molar-refractivity contribution in [1.82, 2.24) is 14.7 Å². The monoisotopic (exact) mass is 411 g/mol. The Labute approximate surface area is 163 Å². The van der Waals surface area contributed by atoms with Crippen molar-refractivity contribution in [2.24, 2.45) is 0 Å². The molecule has 2 aromatic rings. The van der Waals surface area contributed by atoms with Crippen LogP contribution in [0.4, 0.5) is 13.2 Å². The number of methoxy groups -OCH3 is 1. The summed E-state index contributed by atoms with van der Waals surface area (Å²) < 4.78 is 45.0. The van der Waals surface area contributed by atoms with Gasteiger partial charge in [-0.1, -0.05) is 6.07 Å². The number of carbonyl (C=O) groups excluding carboxylic acids is 2. The summed E-state index contributed by atoms with van der Waals surface area (Å²) in [6, 6.07) is 0.922. The molecule has 0 saturated heterocycles. The first-order valence-electron chi connectivity index (χ1n) is 8.62. The lowest BCUT2D eigenvalue weighted by Gasteiger charge is -2.34. The van der Waals surface area contributed by atoms with E-state index in [1.54, 1.807) is 0 Å². The van der Waals surface area contributed by atoms with Gasteiger partial charge in [0.15, 0.2) is 0 Å². The van der Waals surface area contributed by atoms with Gasteiger partial charge in [0.25, 0.3) is 5.91 Å². The number of fused-ring (bicyclic) bond motifs is 1. The highest BCUT2D eigenvalue weighted by molar-refractivity contribution is 6.59. The Kier molecular flexibility index (Phi) is 5.94. The van der Waals surface area contributed by atoms with Crippen LogP contribution < -0.4 is 5.46 Å². The molecule has 0 unspecified atom stereocenters. The van der Waals surface area contributed by atoms with Crippen molar-refractivity contribution in [1.29, 1.82) is 0 Å². The highest BCUT2D eigenvalue weighted by Crippen LogP contribution is 2.24. The Morgan fingerprint density at radius 1 is 1.38 bits per heavy atom. The number of hydrogen-bond acceptors (Lipinski definition) is 6. The van der Waals surface area contributed by atoms with E-state index in [1.807, 2.05) is 0 Å². The Balaban J connectivity index is 1.95. The molecule has 1 amide bonds.